The third-order valence-corrected chi connectivity index (χ3v) is 3.04. The first-order valence-corrected chi connectivity index (χ1v) is 6.29. The average Bonchev–Trinajstić information content (AvgIpc) is 2.27. The highest BCUT2D eigenvalue weighted by Crippen LogP contribution is 2.20. The molecule has 0 spiro atoms. The zero-order chi connectivity index (χ0) is 12.3. The summed E-state index contributed by atoms with van der Waals surface area (Å²) in [6.07, 6.45) is 0. The quantitative estimate of drug-likeness (QED) is 0.840. The van der Waals surface area contributed by atoms with Crippen molar-refractivity contribution < 1.29 is 0 Å². The Labute approximate surface area is 110 Å². The van der Waals surface area contributed by atoms with Crippen molar-refractivity contribution in [3.8, 4) is 0 Å². The Balaban J connectivity index is 2.10. The molecule has 0 aliphatic rings. The minimum absolute atomic E-state index is 0.739. The van der Waals surface area contributed by atoms with Crippen molar-refractivity contribution in [1.82, 2.24) is 0 Å². The van der Waals surface area contributed by atoms with E-state index in [1.165, 1.54) is 5.56 Å². The molecule has 3 heteroatoms. The van der Waals surface area contributed by atoms with Crippen molar-refractivity contribution in [2.24, 2.45) is 0 Å². The summed E-state index contributed by atoms with van der Waals surface area (Å²) in [5, 5.41) is 3.37. The van der Waals surface area contributed by atoms with Crippen LogP contribution in [0.1, 0.15) is 11.1 Å². The number of hydrogen-bond donors (Lipinski definition) is 2. The fourth-order valence-electron chi connectivity index (χ4n) is 1.73. The number of para-hydroxylation sites is 1. The van der Waals surface area contributed by atoms with E-state index in [0.29, 0.717) is 0 Å². The van der Waals surface area contributed by atoms with Crippen molar-refractivity contribution in [1.29, 1.82) is 0 Å². The molecule has 0 saturated heterocycles. The molecular weight excluding hydrogens is 276 g/mol. The van der Waals surface area contributed by atoms with Gasteiger partial charge in [0, 0.05) is 22.4 Å². The van der Waals surface area contributed by atoms with Crippen LogP contribution in [0.5, 0.6) is 0 Å². The van der Waals surface area contributed by atoms with Crippen LogP contribution in [-0.2, 0) is 6.54 Å². The summed E-state index contributed by atoms with van der Waals surface area (Å²) >= 11 is 3.49. The zero-order valence-corrected chi connectivity index (χ0v) is 11.3. The molecule has 2 aromatic rings. The van der Waals surface area contributed by atoms with Crippen molar-refractivity contribution in [3.63, 3.8) is 0 Å². The van der Waals surface area contributed by atoms with Crippen LogP contribution < -0.4 is 11.1 Å². The summed E-state index contributed by atoms with van der Waals surface area (Å²) in [6.45, 7) is 2.81. The Hall–Kier alpha value is -1.48. The summed E-state index contributed by atoms with van der Waals surface area (Å²) in [5.41, 5.74) is 10.2. The number of nitrogens with one attached hydrogen (secondary N) is 1. The fourth-order valence-corrected chi connectivity index (χ4v) is 2.34. The van der Waals surface area contributed by atoms with Gasteiger partial charge >= 0.3 is 0 Å². The maximum atomic E-state index is 5.90. The molecule has 0 radical (unpaired) electrons. The number of aryl methyl sites for hydroxylation is 1. The van der Waals surface area contributed by atoms with Crippen molar-refractivity contribution in [2.75, 3.05) is 11.1 Å². The molecule has 0 aliphatic heterocycles. The van der Waals surface area contributed by atoms with Crippen LogP contribution in [0.15, 0.2) is 46.9 Å². The number of halogens is 1. The van der Waals surface area contributed by atoms with Crippen LogP contribution in [0.25, 0.3) is 0 Å². The lowest BCUT2D eigenvalue weighted by Gasteiger charge is -2.10. The van der Waals surface area contributed by atoms with E-state index in [-0.39, 0.29) is 0 Å². The molecule has 88 valence electrons. The summed E-state index contributed by atoms with van der Waals surface area (Å²) in [5.74, 6) is 0. The van der Waals surface area contributed by atoms with Crippen LogP contribution in [0.3, 0.4) is 0 Å². The maximum absolute atomic E-state index is 5.90. The molecular formula is C14H15BrN2. The van der Waals surface area contributed by atoms with Gasteiger partial charge in [-0.05, 0) is 42.3 Å². The minimum atomic E-state index is 0.739. The standard InChI is InChI=1S/C14H15BrN2/c1-10-6-12(15)8-13(7-10)17-9-11-4-2-3-5-14(11)16/h2-8,17H,9,16H2,1H3. The van der Waals surface area contributed by atoms with Gasteiger partial charge in [0.15, 0.2) is 0 Å². The van der Waals surface area contributed by atoms with E-state index in [0.717, 1.165) is 28.0 Å². The lowest BCUT2D eigenvalue weighted by Crippen LogP contribution is -2.02. The second-order valence-electron chi connectivity index (χ2n) is 4.07. The molecule has 0 atom stereocenters. The Kier molecular flexibility index (Phi) is 3.69. The largest absolute Gasteiger partial charge is 0.398 e. The molecule has 3 N–H and O–H groups in total. The van der Waals surface area contributed by atoms with Crippen LogP contribution in [0.4, 0.5) is 11.4 Å². The SMILES string of the molecule is Cc1cc(Br)cc(NCc2ccccc2N)c1. The fraction of sp³-hybridized carbons (Fsp3) is 0.143. The lowest BCUT2D eigenvalue weighted by atomic mass is 10.1. The Morgan fingerprint density at radius 2 is 1.94 bits per heavy atom. The van der Waals surface area contributed by atoms with E-state index < -0.39 is 0 Å². The average molecular weight is 291 g/mol. The smallest absolute Gasteiger partial charge is 0.0421 e. The van der Waals surface area contributed by atoms with Gasteiger partial charge in [-0.3, -0.25) is 0 Å². The first-order valence-electron chi connectivity index (χ1n) is 5.49. The van der Waals surface area contributed by atoms with Gasteiger partial charge in [0.1, 0.15) is 0 Å². The van der Waals surface area contributed by atoms with Crippen molar-refractivity contribution >= 4 is 27.3 Å². The van der Waals surface area contributed by atoms with Gasteiger partial charge in [-0.2, -0.15) is 0 Å². The number of nitrogen functional groups attached to an aromatic ring is 1. The molecule has 0 heterocycles. The predicted octanol–water partition coefficient (Wildman–Crippen LogP) is 3.95. The van der Waals surface area contributed by atoms with Crippen LogP contribution >= 0.6 is 15.9 Å². The summed E-state index contributed by atoms with van der Waals surface area (Å²) in [6, 6.07) is 14.2. The highest BCUT2D eigenvalue weighted by atomic mass is 79.9. The second-order valence-corrected chi connectivity index (χ2v) is 4.99. The van der Waals surface area contributed by atoms with Gasteiger partial charge in [0.2, 0.25) is 0 Å². The Bertz CT molecular complexity index is 503. The number of hydrogen-bond acceptors (Lipinski definition) is 2. The van der Waals surface area contributed by atoms with Gasteiger partial charge in [-0.15, -0.1) is 0 Å². The maximum Gasteiger partial charge on any atom is 0.0421 e. The Morgan fingerprint density at radius 3 is 2.65 bits per heavy atom. The summed E-state index contributed by atoms with van der Waals surface area (Å²) in [4.78, 5) is 0. The van der Waals surface area contributed by atoms with E-state index in [2.05, 4.69) is 46.4 Å². The third kappa shape index (κ3) is 3.24. The molecule has 0 amide bonds. The van der Waals surface area contributed by atoms with Crippen LogP contribution in [-0.4, -0.2) is 0 Å². The minimum Gasteiger partial charge on any atom is -0.398 e. The Morgan fingerprint density at radius 1 is 1.18 bits per heavy atom. The number of benzene rings is 2. The molecule has 0 bridgehead atoms. The summed E-state index contributed by atoms with van der Waals surface area (Å²) in [7, 11) is 0. The molecule has 17 heavy (non-hydrogen) atoms. The van der Waals surface area contributed by atoms with E-state index in [1.807, 2.05) is 24.3 Å². The van der Waals surface area contributed by atoms with Gasteiger partial charge in [0.25, 0.3) is 0 Å². The van der Waals surface area contributed by atoms with Gasteiger partial charge < -0.3 is 11.1 Å². The van der Waals surface area contributed by atoms with Gasteiger partial charge in [-0.1, -0.05) is 34.1 Å². The number of anilines is 2. The van der Waals surface area contributed by atoms with Gasteiger partial charge in [-0.25, -0.2) is 0 Å². The molecule has 2 aromatic carbocycles. The second kappa shape index (κ2) is 5.23. The van der Waals surface area contributed by atoms with Gasteiger partial charge in [0.05, 0.1) is 0 Å². The first kappa shape index (κ1) is 12.0. The number of nitrogens with two attached hydrogens (primary N) is 1. The highest BCUT2D eigenvalue weighted by molar-refractivity contribution is 9.10. The molecule has 0 unspecified atom stereocenters. The molecule has 0 saturated carbocycles. The summed E-state index contributed by atoms with van der Waals surface area (Å²) < 4.78 is 1.08. The molecule has 0 aromatic heterocycles. The first-order chi connectivity index (χ1) is 8.15. The van der Waals surface area contributed by atoms with Crippen molar-refractivity contribution in [2.45, 2.75) is 13.5 Å². The molecule has 0 fully saturated rings. The predicted molar refractivity (Wildman–Crippen MR) is 77.1 cm³/mol. The normalized spacial score (nSPS) is 10.2. The highest BCUT2D eigenvalue weighted by Gasteiger charge is 1.99. The van der Waals surface area contributed by atoms with E-state index in [1.54, 1.807) is 0 Å². The van der Waals surface area contributed by atoms with E-state index >= 15 is 0 Å². The van der Waals surface area contributed by atoms with E-state index in [9.17, 15) is 0 Å². The molecule has 2 rings (SSSR count). The number of rotatable bonds is 3. The van der Waals surface area contributed by atoms with Crippen LogP contribution in [0.2, 0.25) is 0 Å². The zero-order valence-electron chi connectivity index (χ0n) is 9.70. The van der Waals surface area contributed by atoms with Crippen LogP contribution in [0, 0.1) is 6.92 Å². The van der Waals surface area contributed by atoms with E-state index in [4.69, 9.17) is 5.73 Å². The lowest BCUT2D eigenvalue weighted by molar-refractivity contribution is 1.15. The third-order valence-electron chi connectivity index (χ3n) is 2.58. The molecule has 2 nitrogen and oxygen atoms in total. The topological polar surface area (TPSA) is 38.0 Å². The molecule has 0 aliphatic carbocycles. The monoisotopic (exact) mass is 290 g/mol. The van der Waals surface area contributed by atoms with Crippen molar-refractivity contribution in [3.05, 3.63) is 58.1 Å².